The number of H-pyrrole nitrogens is 1. The van der Waals surface area contributed by atoms with Crippen LogP contribution in [0.1, 0.15) is 6.04 Å². The molecule has 31 heavy (non-hydrogen) atoms. The molecule has 2 aromatic heterocycles. The van der Waals surface area contributed by atoms with Gasteiger partial charge in [-0.05, 0) is 46.2 Å². The van der Waals surface area contributed by atoms with Gasteiger partial charge in [0.2, 0.25) is 5.56 Å². The van der Waals surface area contributed by atoms with Crippen LogP contribution in [-0.2, 0) is 0 Å². The number of aromatic nitrogens is 3. The minimum absolute atomic E-state index is 0.135. The summed E-state index contributed by atoms with van der Waals surface area (Å²) in [5.74, 6) is 0.692. The largest absolute Gasteiger partial charge is 0.491 e. The Labute approximate surface area is 179 Å². The van der Waals surface area contributed by atoms with Crippen molar-refractivity contribution >= 4 is 10.8 Å². The van der Waals surface area contributed by atoms with Gasteiger partial charge in [0.05, 0.1) is 6.04 Å². The number of aliphatic hydroxyl groups excluding tert-OH is 1. The molecule has 0 aliphatic carbocycles. The van der Waals surface area contributed by atoms with Crippen LogP contribution >= 0.6 is 0 Å². The first-order valence-electron chi connectivity index (χ1n) is 10.4. The van der Waals surface area contributed by atoms with Gasteiger partial charge in [0.15, 0.2) is 0 Å². The molecule has 158 valence electrons. The summed E-state index contributed by atoms with van der Waals surface area (Å²) in [4.78, 5) is 16.4. The number of pyridine rings is 1. The van der Waals surface area contributed by atoms with Crippen LogP contribution in [0.5, 0.6) is 5.75 Å². The highest BCUT2D eigenvalue weighted by atomic mass is 16.5. The van der Waals surface area contributed by atoms with Crippen molar-refractivity contribution in [2.75, 3.05) is 26.2 Å². The summed E-state index contributed by atoms with van der Waals surface area (Å²) >= 11 is 0. The molecule has 0 saturated carbocycles. The lowest BCUT2D eigenvalue weighted by atomic mass is 9.99. The molecule has 1 aliphatic rings. The zero-order valence-electron chi connectivity index (χ0n) is 17.0. The van der Waals surface area contributed by atoms with E-state index in [1.807, 2.05) is 53.3 Å². The monoisotopic (exact) mass is 416 g/mol. The number of aliphatic hydroxyl groups is 1. The fourth-order valence-corrected chi connectivity index (χ4v) is 4.08. The van der Waals surface area contributed by atoms with E-state index in [-0.39, 0.29) is 12.2 Å². The van der Waals surface area contributed by atoms with Crippen LogP contribution in [0.2, 0.25) is 0 Å². The Morgan fingerprint density at radius 2 is 2.03 bits per heavy atom. The van der Waals surface area contributed by atoms with Crippen LogP contribution in [0, 0.1) is 0 Å². The summed E-state index contributed by atoms with van der Waals surface area (Å²) in [5.41, 5.74) is 1.75. The predicted octanol–water partition coefficient (Wildman–Crippen LogP) is 2.69. The van der Waals surface area contributed by atoms with Crippen molar-refractivity contribution in [3.8, 4) is 16.9 Å². The highest BCUT2D eigenvalue weighted by Gasteiger charge is 2.29. The van der Waals surface area contributed by atoms with Gasteiger partial charge in [-0.1, -0.05) is 24.3 Å². The lowest BCUT2D eigenvalue weighted by molar-refractivity contribution is 0.0205. The van der Waals surface area contributed by atoms with E-state index in [1.165, 1.54) is 6.07 Å². The zero-order valence-corrected chi connectivity index (χ0v) is 17.0. The van der Waals surface area contributed by atoms with Crippen LogP contribution in [0.4, 0.5) is 0 Å². The number of fused-ring (bicyclic) bond motifs is 1. The summed E-state index contributed by atoms with van der Waals surface area (Å²) in [6.07, 6.45) is 4.89. The predicted molar refractivity (Wildman–Crippen MR) is 119 cm³/mol. The first-order chi connectivity index (χ1) is 15.2. The molecule has 2 N–H and O–H groups in total. The SMILES string of the molecule is O=c1ccc(-c2cc(OCC(O)CN3CC(n4cccn4)C3)cc3ccccc23)c[nH]1. The van der Waals surface area contributed by atoms with Gasteiger partial charge in [-0.15, -0.1) is 0 Å². The maximum Gasteiger partial charge on any atom is 0.247 e. The van der Waals surface area contributed by atoms with Gasteiger partial charge in [-0.2, -0.15) is 5.10 Å². The highest BCUT2D eigenvalue weighted by Crippen LogP contribution is 2.32. The molecule has 2 aromatic carbocycles. The molecule has 3 heterocycles. The fraction of sp³-hybridized carbons (Fsp3) is 0.250. The average molecular weight is 416 g/mol. The topological polar surface area (TPSA) is 83.4 Å². The van der Waals surface area contributed by atoms with Crippen molar-refractivity contribution in [2.45, 2.75) is 12.1 Å². The molecule has 1 saturated heterocycles. The Kier molecular flexibility index (Phi) is 5.28. The fourth-order valence-electron chi connectivity index (χ4n) is 4.08. The lowest BCUT2D eigenvalue weighted by Crippen LogP contribution is -2.51. The summed E-state index contributed by atoms with van der Waals surface area (Å²) in [5, 5.41) is 16.9. The first-order valence-corrected chi connectivity index (χ1v) is 10.4. The van der Waals surface area contributed by atoms with Crippen molar-refractivity contribution in [3.63, 3.8) is 0 Å². The lowest BCUT2D eigenvalue weighted by Gasteiger charge is -2.40. The van der Waals surface area contributed by atoms with Crippen molar-refractivity contribution in [1.82, 2.24) is 19.7 Å². The highest BCUT2D eigenvalue weighted by molar-refractivity contribution is 5.97. The van der Waals surface area contributed by atoms with Gasteiger partial charge in [-0.3, -0.25) is 14.4 Å². The minimum atomic E-state index is -0.582. The number of nitrogens with one attached hydrogen (secondary N) is 1. The molecule has 1 aliphatic heterocycles. The molecule has 0 radical (unpaired) electrons. The quantitative estimate of drug-likeness (QED) is 0.484. The second-order valence-corrected chi connectivity index (χ2v) is 7.96. The van der Waals surface area contributed by atoms with Gasteiger partial charge in [-0.25, -0.2) is 0 Å². The summed E-state index contributed by atoms with van der Waals surface area (Å²) in [6, 6.07) is 17.6. The Morgan fingerprint density at radius 3 is 2.81 bits per heavy atom. The standard InChI is InChI=1S/C24H24N4O3/c29-20(15-27-13-19(14-27)28-9-3-8-26-28)16-31-21-10-17-4-1-2-5-22(17)23(11-21)18-6-7-24(30)25-12-18/h1-12,19-20,29H,13-16H2,(H,25,30). The van der Waals surface area contributed by atoms with E-state index in [0.29, 0.717) is 18.3 Å². The van der Waals surface area contributed by atoms with Crippen LogP contribution in [0.3, 0.4) is 0 Å². The van der Waals surface area contributed by atoms with Gasteiger partial charge < -0.3 is 14.8 Å². The van der Waals surface area contributed by atoms with Gasteiger partial charge in [0, 0.05) is 44.3 Å². The van der Waals surface area contributed by atoms with E-state index in [4.69, 9.17) is 4.74 Å². The van der Waals surface area contributed by atoms with Gasteiger partial charge in [0.1, 0.15) is 18.5 Å². The smallest absolute Gasteiger partial charge is 0.247 e. The Balaban J connectivity index is 1.26. The number of nitrogens with zero attached hydrogens (tertiary/aromatic N) is 3. The number of likely N-dealkylation sites (tertiary alicyclic amines) is 1. The second-order valence-electron chi connectivity index (χ2n) is 7.96. The molecule has 7 nitrogen and oxygen atoms in total. The second kappa shape index (κ2) is 8.37. The number of hydrogen-bond acceptors (Lipinski definition) is 5. The molecule has 1 atom stereocenters. The normalized spacial score (nSPS) is 15.6. The third kappa shape index (κ3) is 4.23. The summed E-state index contributed by atoms with van der Waals surface area (Å²) in [6.45, 7) is 2.54. The van der Waals surface area contributed by atoms with Crippen molar-refractivity contribution in [2.24, 2.45) is 0 Å². The Hall–Kier alpha value is -3.42. The number of rotatable bonds is 7. The van der Waals surface area contributed by atoms with Crippen LogP contribution < -0.4 is 10.3 Å². The van der Waals surface area contributed by atoms with Gasteiger partial charge in [0.25, 0.3) is 0 Å². The van der Waals surface area contributed by atoms with E-state index in [2.05, 4.69) is 15.0 Å². The maximum atomic E-state index is 11.4. The molecule has 0 amide bonds. The molecule has 1 fully saturated rings. The van der Waals surface area contributed by atoms with Crippen molar-refractivity contribution in [3.05, 3.63) is 83.5 Å². The van der Waals surface area contributed by atoms with Crippen molar-refractivity contribution < 1.29 is 9.84 Å². The molecule has 1 unspecified atom stereocenters. The average Bonchev–Trinajstić information content (AvgIpc) is 3.29. The van der Waals surface area contributed by atoms with E-state index in [0.717, 1.165) is 35.0 Å². The molecule has 0 bridgehead atoms. The van der Waals surface area contributed by atoms with Crippen molar-refractivity contribution in [1.29, 1.82) is 0 Å². The number of β-amino-alcohol motifs (C(OH)–C–C–N with tert-alkyl or cyclic N) is 1. The minimum Gasteiger partial charge on any atom is -0.491 e. The first kappa shape index (κ1) is 19.5. The van der Waals surface area contributed by atoms with Gasteiger partial charge >= 0.3 is 0 Å². The van der Waals surface area contributed by atoms with Crippen LogP contribution in [-0.4, -0.2) is 57.1 Å². The molecular formula is C24H24N4O3. The van der Waals surface area contributed by atoms with E-state index < -0.39 is 6.10 Å². The summed E-state index contributed by atoms with van der Waals surface area (Å²) < 4.78 is 7.93. The Morgan fingerprint density at radius 1 is 1.16 bits per heavy atom. The number of hydrogen-bond donors (Lipinski definition) is 2. The molecule has 5 rings (SSSR count). The zero-order chi connectivity index (χ0) is 21.2. The van der Waals surface area contributed by atoms with E-state index in [1.54, 1.807) is 18.5 Å². The Bertz CT molecular complexity index is 1210. The third-order valence-corrected chi connectivity index (χ3v) is 5.68. The maximum absolute atomic E-state index is 11.4. The van der Waals surface area contributed by atoms with Crippen LogP contribution in [0.15, 0.2) is 78.0 Å². The van der Waals surface area contributed by atoms with E-state index in [9.17, 15) is 9.90 Å². The number of ether oxygens (including phenoxy) is 1. The third-order valence-electron chi connectivity index (χ3n) is 5.68. The van der Waals surface area contributed by atoms with Crippen LogP contribution in [0.25, 0.3) is 21.9 Å². The molecule has 7 heteroatoms. The molecule has 4 aromatic rings. The van der Waals surface area contributed by atoms with E-state index >= 15 is 0 Å². The summed E-state index contributed by atoms with van der Waals surface area (Å²) in [7, 11) is 0. The number of aromatic amines is 1. The number of benzene rings is 2. The molecular weight excluding hydrogens is 392 g/mol. The molecule has 0 spiro atoms.